The molecule has 0 atom stereocenters. The highest BCUT2D eigenvalue weighted by Crippen LogP contribution is 2.16. The highest BCUT2D eigenvalue weighted by Gasteiger charge is 2.06. The van der Waals surface area contributed by atoms with E-state index in [4.69, 9.17) is 4.42 Å². The summed E-state index contributed by atoms with van der Waals surface area (Å²) < 4.78 is 18.4. The fraction of sp³-hybridized carbons (Fsp3) is 0.0556. The Kier molecular flexibility index (Phi) is 4.38. The number of anilines is 2. The molecular weight excluding hydrogens is 295 g/mol. The average molecular weight is 310 g/mol. The maximum absolute atomic E-state index is 13.1. The van der Waals surface area contributed by atoms with Crippen molar-refractivity contribution in [3.05, 3.63) is 84.1 Å². The fourth-order valence-electron chi connectivity index (χ4n) is 2.11. The number of nitrogens with one attached hydrogen (secondary N) is 2. The monoisotopic (exact) mass is 310 g/mol. The Labute approximate surface area is 132 Å². The fourth-order valence-corrected chi connectivity index (χ4v) is 2.11. The molecule has 0 bridgehead atoms. The van der Waals surface area contributed by atoms with Gasteiger partial charge in [-0.2, -0.15) is 0 Å². The highest BCUT2D eigenvalue weighted by molar-refractivity contribution is 6.04. The first-order valence-electron chi connectivity index (χ1n) is 7.14. The van der Waals surface area contributed by atoms with Gasteiger partial charge < -0.3 is 15.1 Å². The second kappa shape index (κ2) is 6.79. The third-order valence-corrected chi connectivity index (χ3v) is 3.28. The van der Waals surface area contributed by atoms with Gasteiger partial charge >= 0.3 is 0 Å². The number of carbonyl (C=O) groups excluding carboxylic acids is 1. The summed E-state index contributed by atoms with van der Waals surface area (Å²) in [5.74, 6) is 0.0596. The van der Waals surface area contributed by atoms with Gasteiger partial charge in [0.15, 0.2) is 0 Å². The first kappa shape index (κ1) is 14.8. The standard InChI is InChI=1S/C18H15FN2O2/c19-14-4-1-3-13(11-14)18(22)21-16-8-6-15(7-9-16)20-12-17-5-2-10-23-17/h1-11,20H,12H2,(H,21,22). The molecule has 0 saturated heterocycles. The lowest BCUT2D eigenvalue weighted by Crippen LogP contribution is -2.12. The van der Waals surface area contributed by atoms with E-state index in [-0.39, 0.29) is 11.5 Å². The topological polar surface area (TPSA) is 54.3 Å². The quantitative estimate of drug-likeness (QED) is 0.739. The van der Waals surface area contributed by atoms with Crippen LogP contribution in [0.1, 0.15) is 16.1 Å². The van der Waals surface area contributed by atoms with E-state index in [1.54, 1.807) is 24.5 Å². The minimum absolute atomic E-state index is 0.282. The van der Waals surface area contributed by atoms with Crippen molar-refractivity contribution in [2.45, 2.75) is 6.54 Å². The van der Waals surface area contributed by atoms with Crippen LogP contribution >= 0.6 is 0 Å². The summed E-state index contributed by atoms with van der Waals surface area (Å²) in [6.45, 7) is 0.585. The molecule has 0 saturated carbocycles. The van der Waals surface area contributed by atoms with E-state index in [0.717, 1.165) is 11.4 Å². The molecule has 1 heterocycles. The number of hydrogen-bond acceptors (Lipinski definition) is 3. The van der Waals surface area contributed by atoms with Crippen LogP contribution in [0.2, 0.25) is 0 Å². The van der Waals surface area contributed by atoms with Gasteiger partial charge in [0.05, 0.1) is 12.8 Å². The Morgan fingerprint density at radius 1 is 1.00 bits per heavy atom. The second-order valence-corrected chi connectivity index (χ2v) is 4.97. The lowest BCUT2D eigenvalue weighted by Gasteiger charge is -2.08. The molecule has 1 amide bonds. The van der Waals surface area contributed by atoms with Gasteiger partial charge in [0.2, 0.25) is 0 Å². The van der Waals surface area contributed by atoms with Crippen LogP contribution in [0.4, 0.5) is 15.8 Å². The van der Waals surface area contributed by atoms with Crippen LogP contribution in [0.25, 0.3) is 0 Å². The summed E-state index contributed by atoms with van der Waals surface area (Å²) in [7, 11) is 0. The van der Waals surface area contributed by atoms with Crippen LogP contribution in [-0.2, 0) is 6.54 Å². The molecule has 0 aliphatic heterocycles. The van der Waals surface area contributed by atoms with Crippen LogP contribution in [0.5, 0.6) is 0 Å². The third-order valence-electron chi connectivity index (χ3n) is 3.28. The molecule has 0 aliphatic carbocycles. The SMILES string of the molecule is O=C(Nc1ccc(NCc2ccco2)cc1)c1cccc(F)c1. The molecule has 2 N–H and O–H groups in total. The number of carbonyl (C=O) groups is 1. The molecule has 0 fully saturated rings. The number of benzene rings is 2. The normalized spacial score (nSPS) is 10.3. The Hall–Kier alpha value is -3.08. The van der Waals surface area contributed by atoms with Crippen molar-refractivity contribution in [2.24, 2.45) is 0 Å². The maximum Gasteiger partial charge on any atom is 0.255 e. The van der Waals surface area contributed by atoms with Crippen LogP contribution in [0.3, 0.4) is 0 Å². The van der Waals surface area contributed by atoms with Crippen molar-refractivity contribution in [2.75, 3.05) is 10.6 Å². The summed E-state index contributed by atoms with van der Waals surface area (Å²) >= 11 is 0. The van der Waals surface area contributed by atoms with Gasteiger partial charge in [0, 0.05) is 16.9 Å². The van der Waals surface area contributed by atoms with Crippen molar-refractivity contribution in [3.8, 4) is 0 Å². The van der Waals surface area contributed by atoms with Crippen LogP contribution in [0.15, 0.2) is 71.3 Å². The molecule has 4 nitrogen and oxygen atoms in total. The van der Waals surface area contributed by atoms with Crippen molar-refractivity contribution in [3.63, 3.8) is 0 Å². The first-order chi connectivity index (χ1) is 11.2. The Balaban J connectivity index is 1.59. The summed E-state index contributed by atoms with van der Waals surface area (Å²) in [6.07, 6.45) is 1.63. The zero-order valence-corrected chi connectivity index (χ0v) is 12.3. The van der Waals surface area contributed by atoms with Gasteiger partial charge in [-0.3, -0.25) is 4.79 Å². The Morgan fingerprint density at radius 3 is 2.48 bits per heavy atom. The zero-order chi connectivity index (χ0) is 16.1. The molecule has 3 aromatic rings. The molecule has 116 valence electrons. The van der Waals surface area contributed by atoms with Crippen LogP contribution in [0, 0.1) is 5.82 Å². The van der Waals surface area contributed by atoms with Crippen molar-refractivity contribution in [1.82, 2.24) is 0 Å². The van der Waals surface area contributed by atoms with Crippen LogP contribution < -0.4 is 10.6 Å². The molecule has 23 heavy (non-hydrogen) atoms. The predicted octanol–water partition coefficient (Wildman–Crippen LogP) is 4.28. The van der Waals surface area contributed by atoms with Crippen molar-refractivity contribution >= 4 is 17.3 Å². The van der Waals surface area contributed by atoms with E-state index in [1.165, 1.54) is 18.2 Å². The van der Waals surface area contributed by atoms with Gasteiger partial charge in [-0.15, -0.1) is 0 Å². The van der Waals surface area contributed by atoms with E-state index in [9.17, 15) is 9.18 Å². The lowest BCUT2D eigenvalue weighted by atomic mass is 10.2. The van der Waals surface area contributed by atoms with Crippen molar-refractivity contribution < 1.29 is 13.6 Å². The smallest absolute Gasteiger partial charge is 0.255 e. The number of rotatable bonds is 5. The predicted molar refractivity (Wildman–Crippen MR) is 86.8 cm³/mol. The molecular formula is C18H15FN2O2. The van der Waals surface area contributed by atoms with Crippen molar-refractivity contribution in [1.29, 1.82) is 0 Å². The van der Waals surface area contributed by atoms with Crippen LogP contribution in [-0.4, -0.2) is 5.91 Å². The average Bonchev–Trinajstić information content (AvgIpc) is 3.08. The lowest BCUT2D eigenvalue weighted by molar-refractivity contribution is 0.102. The van der Waals surface area contributed by atoms with Gasteiger partial charge in [-0.05, 0) is 54.6 Å². The molecule has 0 radical (unpaired) electrons. The number of hydrogen-bond donors (Lipinski definition) is 2. The molecule has 3 rings (SSSR count). The second-order valence-electron chi connectivity index (χ2n) is 4.97. The largest absolute Gasteiger partial charge is 0.467 e. The van der Waals surface area contributed by atoms with Gasteiger partial charge in [0.25, 0.3) is 5.91 Å². The molecule has 0 spiro atoms. The minimum atomic E-state index is -0.435. The number of furan rings is 1. The van der Waals surface area contributed by atoms with E-state index in [1.807, 2.05) is 24.3 Å². The van der Waals surface area contributed by atoms with Gasteiger partial charge in [-0.25, -0.2) is 4.39 Å². The van der Waals surface area contributed by atoms with Gasteiger partial charge in [0.1, 0.15) is 11.6 Å². The summed E-state index contributed by atoms with van der Waals surface area (Å²) in [4.78, 5) is 12.0. The Morgan fingerprint density at radius 2 is 1.78 bits per heavy atom. The summed E-state index contributed by atoms with van der Waals surface area (Å²) in [6, 6.07) is 16.6. The highest BCUT2D eigenvalue weighted by atomic mass is 19.1. The third kappa shape index (κ3) is 3.97. The minimum Gasteiger partial charge on any atom is -0.467 e. The zero-order valence-electron chi connectivity index (χ0n) is 12.3. The molecule has 0 unspecified atom stereocenters. The van der Waals surface area contributed by atoms with E-state index in [0.29, 0.717) is 12.2 Å². The van der Waals surface area contributed by atoms with E-state index in [2.05, 4.69) is 10.6 Å². The maximum atomic E-state index is 13.1. The molecule has 2 aromatic carbocycles. The summed E-state index contributed by atoms with van der Waals surface area (Å²) in [5, 5.41) is 5.94. The van der Waals surface area contributed by atoms with E-state index >= 15 is 0 Å². The van der Waals surface area contributed by atoms with Gasteiger partial charge in [-0.1, -0.05) is 6.07 Å². The summed E-state index contributed by atoms with van der Waals surface area (Å²) in [5.41, 5.74) is 1.83. The number of amides is 1. The first-order valence-corrected chi connectivity index (χ1v) is 7.14. The number of halogens is 1. The Bertz CT molecular complexity index is 783. The molecule has 1 aromatic heterocycles. The molecule has 0 aliphatic rings. The van der Waals surface area contributed by atoms with E-state index < -0.39 is 5.82 Å². The molecule has 5 heteroatoms.